The van der Waals surface area contributed by atoms with Gasteiger partial charge in [-0.2, -0.15) is 0 Å². The van der Waals surface area contributed by atoms with Gasteiger partial charge in [-0.15, -0.1) is 22.0 Å². The number of hydrogen-bond donors (Lipinski definition) is 1. The zero-order valence-electron chi connectivity index (χ0n) is 16.1. The molecular formula is C20H20ClN3O3S2. The molecule has 3 rings (SSSR count). The Morgan fingerprint density at radius 3 is 2.59 bits per heavy atom. The van der Waals surface area contributed by atoms with Crippen molar-refractivity contribution >= 4 is 45.7 Å². The smallest absolute Gasteiger partial charge is 0.239 e. The molecule has 1 N–H and O–H groups in total. The standard InChI is InChI=1S/C20H20ClN3O3S2/c1-4-17(28-14-8-5-12(21)6-9-14)18(25)22-20-24-23-19(29-20)15-11-13(26-2)7-10-16(15)27-3/h5-11,17H,4H2,1-3H3,(H,22,24,25)/t17-/m0/s1. The molecule has 1 atom stereocenters. The van der Waals surface area contributed by atoms with Gasteiger partial charge >= 0.3 is 0 Å². The van der Waals surface area contributed by atoms with Crippen LogP contribution in [0.3, 0.4) is 0 Å². The second-order valence-electron chi connectivity index (χ2n) is 5.94. The summed E-state index contributed by atoms with van der Waals surface area (Å²) in [6, 6.07) is 12.9. The minimum Gasteiger partial charge on any atom is -0.497 e. The molecule has 0 fully saturated rings. The molecule has 6 nitrogen and oxygen atoms in total. The fraction of sp³-hybridized carbons (Fsp3) is 0.250. The molecule has 0 spiro atoms. The number of halogens is 1. The Morgan fingerprint density at radius 1 is 1.17 bits per heavy atom. The van der Waals surface area contributed by atoms with E-state index in [2.05, 4.69) is 15.5 Å². The second-order valence-corrected chi connectivity index (χ2v) is 8.63. The summed E-state index contributed by atoms with van der Waals surface area (Å²) in [7, 11) is 3.19. The molecule has 0 saturated carbocycles. The second kappa shape index (κ2) is 9.96. The Labute approximate surface area is 182 Å². The average Bonchev–Trinajstić information content (AvgIpc) is 3.20. The first kappa shape index (κ1) is 21.4. The maximum Gasteiger partial charge on any atom is 0.239 e. The Hall–Kier alpha value is -2.29. The van der Waals surface area contributed by atoms with Crippen molar-refractivity contribution in [2.45, 2.75) is 23.5 Å². The number of nitrogens with one attached hydrogen (secondary N) is 1. The van der Waals surface area contributed by atoms with E-state index in [1.807, 2.05) is 49.4 Å². The molecule has 2 aromatic carbocycles. The summed E-state index contributed by atoms with van der Waals surface area (Å²) in [6.45, 7) is 1.97. The van der Waals surface area contributed by atoms with E-state index in [1.54, 1.807) is 14.2 Å². The van der Waals surface area contributed by atoms with E-state index in [0.717, 1.165) is 10.5 Å². The Balaban J connectivity index is 1.73. The molecule has 29 heavy (non-hydrogen) atoms. The molecule has 1 heterocycles. The van der Waals surface area contributed by atoms with Crippen LogP contribution >= 0.6 is 34.7 Å². The lowest BCUT2D eigenvalue weighted by Crippen LogP contribution is -2.24. The first-order valence-corrected chi connectivity index (χ1v) is 10.9. The van der Waals surface area contributed by atoms with Gasteiger partial charge in [-0.05, 0) is 48.9 Å². The molecule has 3 aromatic rings. The third-order valence-electron chi connectivity index (χ3n) is 4.05. The first-order valence-electron chi connectivity index (χ1n) is 8.83. The normalized spacial score (nSPS) is 11.7. The van der Waals surface area contributed by atoms with Crippen molar-refractivity contribution < 1.29 is 14.3 Å². The molecule has 0 aliphatic heterocycles. The molecule has 0 aliphatic rings. The van der Waals surface area contributed by atoms with Gasteiger partial charge in [0.15, 0.2) is 5.01 Å². The largest absolute Gasteiger partial charge is 0.497 e. The summed E-state index contributed by atoms with van der Waals surface area (Å²) in [4.78, 5) is 13.7. The molecule has 0 unspecified atom stereocenters. The van der Waals surface area contributed by atoms with E-state index in [9.17, 15) is 4.79 Å². The van der Waals surface area contributed by atoms with Crippen LogP contribution in [0.5, 0.6) is 11.5 Å². The van der Waals surface area contributed by atoms with Crippen LogP contribution in [-0.4, -0.2) is 35.6 Å². The minimum atomic E-state index is -0.255. The van der Waals surface area contributed by atoms with Gasteiger partial charge in [0.25, 0.3) is 0 Å². The molecule has 9 heteroatoms. The van der Waals surface area contributed by atoms with Crippen molar-refractivity contribution in [1.82, 2.24) is 10.2 Å². The van der Waals surface area contributed by atoms with Crippen molar-refractivity contribution in [2.75, 3.05) is 19.5 Å². The number of aromatic nitrogens is 2. The van der Waals surface area contributed by atoms with E-state index in [1.165, 1.54) is 23.1 Å². The highest BCUT2D eigenvalue weighted by molar-refractivity contribution is 8.00. The van der Waals surface area contributed by atoms with Crippen LogP contribution in [0, 0.1) is 0 Å². The Bertz CT molecular complexity index is 979. The average molecular weight is 450 g/mol. The van der Waals surface area contributed by atoms with Gasteiger partial charge in [0, 0.05) is 9.92 Å². The van der Waals surface area contributed by atoms with Gasteiger partial charge < -0.3 is 9.47 Å². The SMILES string of the molecule is CC[C@H](Sc1ccc(Cl)cc1)C(=O)Nc1nnc(-c2cc(OC)ccc2OC)s1. The number of hydrogen-bond acceptors (Lipinski definition) is 7. The number of benzene rings is 2. The van der Waals surface area contributed by atoms with E-state index >= 15 is 0 Å². The number of amides is 1. The summed E-state index contributed by atoms with van der Waals surface area (Å²) < 4.78 is 10.7. The Morgan fingerprint density at radius 2 is 1.93 bits per heavy atom. The van der Waals surface area contributed by atoms with Gasteiger partial charge in [0.1, 0.15) is 11.5 Å². The molecule has 0 bridgehead atoms. The fourth-order valence-electron chi connectivity index (χ4n) is 2.55. The number of carbonyl (C=O) groups excluding carboxylic acids is 1. The van der Waals surface area contributed by atoms with Crippen molar-refractivity contribution in [3.8, 4) is 22.1 Å². The van der Waals surface area contributed by atoms with Gasteiger partial charge in [0.2, 0.25) is 11.0 Å². The van der Waals surface area contributed by atoms with Crippen LogP contribution in [0.4, 0.5) is 5.13 Å². The number of nitrogens with zero attached hydrogens (tertiary/aromatic N) is 2. The highest BCUT2D eigenvalue weighted by Crippen LogP contribution is 2.36. The minimum absolute atomic E-state index is 0.118. The Kier molecular flexibility index (Phi) is 7.35. The van der Waals surface area contributed by atoms with Crippen LogP contribution < -0.4 is 14.8 Å². The zero-order chi connectivity index (χ0) is 20.8. The third kappa shape index (κ3) is 5.41. The summed E-state index contributed by atoms with van der Waals surface area (Å²) in [5.41, 5.74) is 0.757. The lowest BCUT2D eigenvalue weighted by atomic mass is 10.2. The van der Waals surface area contributed by atoms with Crippen molar-refractivity contribution in [3.63, 3.8) is 0 Å². The number of thioether (sulfide) groups is 1. The van der Waals surface area contributed by atoms with E-state index < -0.39 is 0 Å². The predicted octanol–water partition coefficient (Wildman–Crippen LogP) is 5.39. The van der Waals surface area contributed by atoms with Crippen molar-refractivity contribution in [3.05, 3.63) is 47.5 Å². The summed E-state index contributed by atoms with van der Waals surface area (Å²) >= 11 is 8.70. The van der Waals surface area contributed by atoms with Crippen molar-refractivity contribution in [2.24, 2.45) is 0 Å². The number of anilines is 1. The van der Waals surface area contributed by atoms with Crippen LogP contribution in [0.1, 0.15) is 13.3 Å². The van der Waals surface area contributed by atoms with Crippen LogP contribution in [0.25, 0.3) is 10.6 Å². The van der Waals surface area contributed by atoms with E-state index in [-0.39, 0.29) is 11.2 Å². The fourth-order valence-corrected chi connectivity index (χ4v) is 4.40. The van der Waals surface area contributed by atoms with E-state index in [0.29, 0.717) is 33.1 Å². The summed E-state index contributed by atoms with van der Waals surface area (Å²) in [6.07, 6.45) is 0.675. The number of methoxy groups -OCH3 is 2. The zero-order valence-corrected chi connectivity index (χ0v) is 18.5. The lowest BCUT2D eigenvalue weighted by molar-refractivity contribution is -0.115. The topological polar surface area (TPSA) is 73.3 Å². The van der Waals surface area contributed by atoms with Crippen molar-refractivity contribution in [1.29, 1.82) is 0 Å². The quantitative estimate of drug-likeness (QED) is 0.465. The number of ether oxygens (including phenoxy) is 2. The number of rotatable bonds is 8. The monoisotopic (exact) mass is 449 g/mol. The van der Waals surface area contributed by atoms with Gasteiger partial charge in [-0.25, -0.2) is 0 Å². The van der Waals surface area contributed by atoms with E-state index in [4.69, 9.17) is 21.1 Å². The first-order chi connectivity index (χ1) is 14.0. The van der Waals surface area contributed by atoms with Crippen LogP contribution in [-0.2, 0) is 4.79 Å². The molecule has 1 amide bonds. The summed E-state index contributed by atoms with van der Waals surface area (Å²) in [5, 5.41) is 12.7. The van der Waals surface area contributed by atoms with Crippen LogP contribution in [0.15, 0.2) is 47.4 Å². The molecule has 152 valence electrons. The van der Waals surface area contributed by atoms with Gasteiger partial charge in [-0.3, -0.25) is 10.1 Å². The molecule has 0 saturated heterocycles. The molecule has 0 radical (unpaired) electrons. The number of carbonyl (C=O) groups is 1. The summed E-state index contributed by atoms with van der Waals surface area (Å²) in [5.74, 6) is 1.23. The lowest BCUT2D eigenvalue weighted by Gasteiger charge is -2.13. The highest BCUT2D eigenvalue weighted by Gasteiger charge is 2.20. The predicted molar refractivity (Wildman–Crippen MR) is 118 cm³/mol. The maximum absolute atomic E-state index is 12.7. The molecular weight excluding hydrogens is 430 g/mol. The van der Waals surface area contributed by atoms with Crippen LogP contribution in [0.2, 0.25) is 5.02 Å². The maximum atomic E-state index is 12.7. The van der Waals surface area contributed by atoms with Gasteiger partial charge in [-0.1, -0.05) is 29.9 Å². The highest BCUT2D eigenvalue weighted by atomic mass is 35.5. The molecule has 0 aliphatic carbocycles. The molecule has 1 aromatic heterocycles. The van der Waals surface area contributed by atoms with Gasteiger partial charge in [0.05, 0.1) is 25.0 Å². The third-order valence-corrected chi connectivity index (χ3v) is 6.55.